The summed E-state index contributed by atoms with van der Waals surface area (Å²) in [5.74, 6) is 0. The van der Waals surface area contributed by atoms with Crippen molar-refractivity contribution in [1.82, 2.24) is 9.80 Å². The number of hydrogen-bond donors (Lipinski definition) is 0. The molecule has 0 saturated carbocycles. The molecule has 0 amide bonds. The minimum absolute atomic E-state index is 0.886. The molecule has 0 aliphatic carbocycles. The van der Waals surface area contributed by atoms with Crippen molar-refractivity contribution in [3.63, 3.8) is 0 Å². The maximum Gasteiger partial charge on any atom is 0.0350 e. The third-order valence-electron chi connectivity index (χ3n) is 2.74. The zero-order valence-electron chi connectivity index (χ0n) is 12.5. The van der Waals surface area contributed by atoms with Crippen molar-refractivity contribution in [2.24, 2.45) is 0 Å². The van der Waals surface area contributed by atoms with Crippen LogP contribution in [0.2, 0.25) is 0 Å². The van der Waals surface area contributed by atoms with Gasteiger partial charge in [-0.3, -0.25) is 0 Å². The van der Waals surface area contributed by atoms with Crippen LogP contribution in [0.1, 0.15) is 6.92 Å². The zero-order valence-corrected chi connectivity index (χ0v) is 12.5. The van der Waals surface area contributed by atoms with Gasteiger partial charge in [-0.05, 0) is 19.1 Å². The molecule has 0 aromatic rings. The summed E-state index contributed by atoms with van der Waals surface area (Å²) in [6.07, 6.45) is 9.53. The van der Waals surface area contributed by atoms with Crippen LogP contribution in [0.15, 0.2) is 73.7 Å². The number of hydrogen-bond acceptors (Lipinski definition) is 2. The molecule has 0 aromatic heterocycles. The van der Waals surface area contributed by atoms with E-state index in [2.05, 4.69) is 36.1 Å². The lowest BCUT2D eigenvalue weighted by atomic mass is 10.3. The zero-order chi connectivity index (χ0) is 14.8. The molecule has 0 saturated heterocycles. The Balaban J connectivity index is 4.21. The van der Waals surface area contributed by atoms with Crippen molar-refractivity contribution in [1.29, 1.82) is 0 Å². The quantitative estimate of drug-likeness (QED) is 0.581. The number of nitrogens with zero attached hydrogens (tertiary/aromatic N) is 2. The van der Waals surface area contributed by atoms with Crippen LogP contribution >= 0.6 is 0 Å². The molecular formula is C17H26N2. The van der Waals surface area contributed by atoms with Gasteiger partial charge >= 0.3 is 0 Å². The van der Waals surface area contributed by atoms with Crippen LogP contribution < -0.4 is 0 Å². The molecule has 19 heavy (non-hydrogen) atoms. The fraction of sp³-hybridized carbons (Fsp3) is 0.294. The van der Waals surface area contributed by atoms with E-state index >= 15 is 0 Å². The van der Waals surface area contributed by atoms with Gasteiger partial charge in [-0.2, -0.15) is 0 Å². The Morgan fingerprint density at radius 1 is 0.895 bits per heavy atom. The smallest absolute Gasteiger partial charge is 0.0350 e. The lowest BCUT2D eigenvalue weighted by molar-refractivity contribution is 0.343. The number of allylic oxidation sites excluding steroid dienone is 6. The van der Waals surface area contributed by atoms with Crippen LogP contribution in [0.4, 0.5) is 0 Å². The lowest BCUT2D eigenvalue weighted by Gasteiger charge is -2.25. The Labute approximate surface area is 118 Å². The highest BCUT2D eigenvalue weighted by Crippen LogP contribution is 2.05. The van der Waals surface area contributed by atoms with Gasteiger partial charge in [0.1, 0.15) is 0 Å². The summed E-state index contributed by atoms with van der Waals surface area (Å²) in [5, 5.41) is 0. The van der Waals surface area contributed by atoms with Gasteiger partial charge in [0.05, 0.1) is 0 Å². The molecule has 2 nitrogen and oxygen atoms in total. The predicted molar refractivity (Wildman–Crippen MR) is 86.8 cm³/mol. The van der Waals surface area contributed by atoms with E-state index in [-0.39, 0.29) is 0 Å². The molecule has 0 rings (SSSR count). The monoisotopic (exact) mass is 258 g/mol. The van der Waals surface area contributed by atoms with Crippen LogP contribution in [0.25, 0.3) is 0 Å². The first-order valence-electron chi connectivity index (χ1n) is 6.31. The number of rotatable bonds is 9. The minimum Gasteiger partial charge on any atom is -0.373 e. The summed E-state index contributed by atoms with van der Waals surface area (Å²) in [7, 11) is 4.05. The van der Waals surface area contributed by atoms with Gasteiger partial charge in [0.25, 0.3) is 0 Å². The summed E-state index contributed by atoms with van der Waals surface area (Å²) in [5.41, 5.74) is 2.97. The summed E-state index contributed by atoms with van der Waals surface area (Å²) < 4.78 is 0. The van der Waals surface area contributed by atoms with Crippen LogP contribution in [-0.2, 0) is 0 Å². The Morgan fingerprint density at radius 3 is 1.79 bits per heavy atom. The van der Waals surface area contributed by atoms with E-state index in [0.29, 0.717) is 0 Å². The SMILES string of the molecule is C=C/C=C\C(=C)N(C)CCN(C)C(=C)/C=C\C(=C)C. The predicted octanol–water partition coefficient (Wildman–Crippen LogP) is 3.75. The molecule has 0 aliphatic rings. The molecule has 0 atom stereocenters. The van der Waals surface area contributed by atoms with E-state index in [1.807, 2.05) is 45.3 Å². The van der Waals surface area contributed by atoms with Crippen molar-refractivity contribution < 1.29 is 0 Å². The third kappa shape index (κ3) is 7.87. The topological polar surface area (TPSA) is 6.48 Å². The molecule has 0 aliphatic heterocycles. The Bertz CT molecular complexity index is 399. The average molecular weight is 258 g/mol. The van der Waals surface area contributed by atoms with Gasteiger partial charge < -0.3 is 9.80 Å². The van der Waals surface area contributed by atoms with Gasteiger partial charge in [-0.15, -0.1) is 0 Å². The summed E-state index contributed by atoms with van der Waals surface area (Å²) in [6, 6.07) is 0. The van der Waals surface area contributed by atoms with E-state index in [9.17, 15) is 0 Å². The first-order chi connectivity index (χ1) is 8.88. The molecule has 0 unspecified atom stereocenters. The second-order valence-corrected chi connectivity index (χ2v) is 4.60. The molecule has 0 bridgehead atoms. The Kier molecular flexibility index (Phi) is 8.10. The van der Waals surface area contributed by atoms with Crippen LogP contribution in [-0.4, -0.2) is 37.0 Å². The molecule has 0 radical (unpaired) electrons. The first-order valence-corrected chi connectivity index (χ1v) is 6.31. The standard InChI is InChI=1S/C17H26N2/c1-8-9-10-16(4)18(6)13-14-19(7)17(5)12-11-15(2)3/h8-12H,1-2,4-5,13-14H2,3,6-7H3/b10-9-,12-11-. The normalized spacial score (nSPS) is 10.7. The van der Waals surface area contributed by atoms with Crippen LogP contribution in [0, 0.1) is 0 Å². The molecule has 0 spiro atoms. The summed E-state index contributed by atoms with van der Waals surface area (Å²) in [6.45, 7) is 19.2. The minimum atomic E-state index is 0.886. The highest BCUT2D eigenvalue weighted by Gasteiger charge is 2.02. The fourth-order valence-electron chi connectivity index (χ4n) is 1.26. The van der Waals surface area contributed by atoms with Crippen molar-refractivity contribution in [3.05, 3.63) is 73.7 Å². The highest BCUT2D eigenvalue weighted by molar-refractivity contribution is 5.22. The first kappa shape index (κ1) is 17.0. The van der Waals surface area contributed by atoms with Crippen molar-refractivity contribution in [2.75, 3.05) is 27.2 Å². The van der Waals surface area contributed by atoms with Crippen molar-refractivity contribution in [2.45, 2.75) is 6.92 Å². The third-order valence-corrected chi connectivity index (χ3v) is 2.74. The van der Waals surface area contributed by atoms with Crippen molar-refractivity contribution in [3.8, 4) is 0 Å². The van der Waals surface area contributed by atoms with E-state index < -0.39 is 0 Å². The van der Waals surface area contributed by atoms with E-state index in [1.165, 1.54) is 0 Å². The lowest BCUT2D eigenvalue weighted by Crippen LogP contribution is -2.28. The van der Waals surface area contributed by atoms with Gasteiger partial charge in [-0.25, -0.2) is 0 Å². The molecule has 0 N–H and O–H groups in total. The summed E-state index contributed by atoms with van der Waals surface area (Å²) in [4.78, 5) is 4.21. The second kappa shape index (κ2) is 9.03. The maximum absolute atomic E-state index is 4.03. The van der Waals surface area contributed by atoms with Gasteiger partial charge in [-0.1, -0.05) is 50.1 Å². The second-order valence-electron chi connectivity index (χ2n) is 4.60. The fourth-order valence-corrected chi connectivity index (χ4v) is 1.26. The number of likely N-dealkylation sites (N-methyl/N-ethyl adjacent to an activating group) is 2. The Hall–Kier alpha value is -1.96. The van der Waals surface area contributed by atoms with E-state index in [1.54, 1.807) is 6.08 Å². The molecule has 104 valence electrons. The van der Waals surface area contributed by atoms with Gasteiger partial charge in [0.15, 0.2) is 0 Å². The molecule has 0 fully saturated rings. The van der Waals surface area contributed by atoms with Gasteiger partial charge in [0.2, 0.25) is 0 Å². The molecular weight excluding hydrogens is 232 g/mol. The molecule has 2 heteroatoms. The van der Waals surface area contributed by atoms with Crippen LogP contribution in [0.3, 0.4) is 0 Å². The van der Waals surface area contributed by atoms with E-state index in [4.69, 9.17) is 0 Å². The largest absolute Gasteiger partial charge is 0.373 e. The average Bonchev–Trinajstić information content (AvgIpc) is 2.38. The van der Waals surface area contributed by atoms with Crippen molar-refractivity contribution >= 4 is 0 Å². The highest BCUT2D eigenvalue weighted by atomic mass is 15.2. The molecule has 0 heterocycles. The van der Waals surface area contributed by atoms with E-state index in [0.717, 1.165) is 30.1 Å². The van der Waals surface area contributed by atoms with Crippen LogP contribution in [0.5, 0.6) is 0 Å². The maximum atomic E-state index is 4.03. The van der Waals surface area contributed by atoms with Gasteiger partial charge in [0, 0.05) is 38.6 Å². The Morgan fingerprint density at radius 2 is 1.37 bits per heavy atom. The summed E-state index contributed by atoms with van der Waals surface area (Å²) >= 11 is 0. The molecule has 0 aromatic carbocycles.